The second-order valence-electron chi connectivity index (χ2n) is 7.04. The number of halogens is 1. The zero-order valence-corrected chi connectivity index (χ0v) is 14.7. The normalized spacial score (nSPS) is 23.6. The maximum Gasteiger partial charge on any atom is 0.341 e. The van der Waals surface area contributed by atoms with Crippen molar-refractivity contribution >= 4 is 34.2 Å². The van der Waals surface area contributed by atoms with Crippen molar-refractivity contribution in [2.45, 2.75) is 12.0 Å². The molecule has 2 atom stereocenters. The second-order valence-corrected chi connectivity index (χ2v) is 7.91. The predicted octanol–water partition coefficient (Wildman–Crippen LogP) is 1.22. The molecule has 2 fully saturated rings. The number of carboxylic acid groups (broad SMARTS) is 1. The highest BCUT2D eigenvalue weighted by atomic mass is 32.1. The van der Waals surface area contributed by atoms with Gasteiger partial charge in [-0.15, -0.1) is 11.3 Å². The molecule has 2 aliphatic rings. The number of aromatic nitrogens is 3. The molecule has 138 valence electrons. The Hall–Kier alpha value is -2.85. The van der Waals surface area contributed by atoms with Gasteiger partial charge in [-0.2, -0.15) is 0 Å². The summed E-state index contributed by atoms with van der Waals surface area (Å²) in [6.45, 7) is 1.11. The summed E-state index contributed by atoms with van der Waals surface area (Å²) in [4.78, 5) is 34.3. The first-order valence-electron chi connectivity index (χ1n) is 8.30. The van der Waals surface area contributed by atoms with Crippen LogP contribution in [0.5, 0.6) is 0 Å². The molecule has 3 aromatic heterocycles. The summed E-state index contributed by atoms with van der Waals surface area (Å²) in [7, 11) is 0. The molecular weight excluding hydrogens is 373 g/mol. The summed E-state index contributed by atoms with van der Waals surface area (Å²) in [6, 6.07) is 1.06. The molecule has 1 aliphatic carbocycles. The number of carbonyl (C=O) groups is 1. The van der Waals surface area contributed by atoms with Gasteiger partial charge in [0, 0.05) is 36.4 Å². The number of hydrogen-bond donors (Lipinski definition) is 2. The van der Waals surface area contributed by atoms with Crippen molar-refractivity contribution in [3.05, 3.63) is 45.4 Å². The van der Waals surface area contributed by atoms with Gasteiger partial charge in [0.15, 0.2) is 22.4 Å². The van der Waals surface area contributed by atoms with E-state index in [1.165, 1.54) is 22.1 Å². The molecule has 1 saturated heterocycles. The molecule has 3 aromatic rings. The standard InChI is InChI=1S/C17H14FN5O3S/c18-11-3-9-12(24)10(15(25)26)6-23(16-20-1-2-27-16)13(9)21-14(11)22-5-8-4-17(8,19)7-22/h1-3,6,8H,4-5,7,19H2,(H,25,26). The minimum absolute atomic E-state index is 0.0989. The van der Waals surface area contributed by atoms with Gasteiger partial charge < -0.3 is 15.7 Å². The zero-order chi connectivity index (χ0) is 18.9. The van der Waals surface area contributed by atoms with Gasteiger partial charge in [0.05, 0.1) is 5.39 Å². The number of thiazole rings is 1. The molecule has 10 heteroatoms. The highest BCUT2D eigenvalue weighted by Crippen LogP contribution is 2.48. The van der Waals surface area contributed by atoms with E-state index in [0.717, 1.165) is 12.5 Å². The molecule has 0 radical (unpaired) electrons. The van der Waals surface area contributed by atoms with Gasteiger partial charge in [-0.3, -0.25) is 9.36 Å². The van der Waals surface area contributed by atoms with Crippen LogP contribution in [-0.4, -0.2) is 44.2 Å². The number of fused-ring (bicyclic) bond motifs is 2. The number of piperidine rings is 1. The van der Waals surface area contributed by atoms with E-state index < -0.39 is 22.8 Å². The third-order valence-corrected chi connectivity index (χ3v) is 6.04. The van der Waals surface area contributed by atoms with Crippen LogP contribution in [-0.2, 0) is 0 Å². The molecule has 0 spiro atoms. The lowest BCUT2D eigenvalue weighted by Gasteiger charge is -2.22. The third-order valence-electron chi connectivity index (χ3n) is 5.27. The molecule has 0 bridgehead atoms. The van der Waals surface area contributed by atoms with Crippen LogP contribution in [0.1, 0.15) is 16.8 Å². The number of rotatable bonds is 3. The van der Waals surface area contributed by atoms with Gasteiger partial charge in [0.1, 0.15) is 5.56 Å². The average molecular weight is 387 g/mol. The lowest BCUT2D eigenvalue weighted by Crippen LogP contribution is -2.34. The maximum absolute atomic E-state index is 14.8. The lowest BCUT2D eigenvalue weighted by molar-refractivity contribution is 0.0695. The van der Waals surface area contributed by atoms with E-state index in [2.05, 4.69) is 9.97 Å². The molecule has 1 saturated carbocycles. The van der Waals surface area contributed by atoms with Crippen molar-refractivity contribution in [1.82, 2.24) is 14.5 Å². The monoisotopic (exact) mass is 387 g/mol. The zero-order valence-electron chi connectivity index (χ0n) is 13.9. The van der Waals surface area contributed by atoms with Crippen molar-refractivity contribution < 1.29 is 14.3 Å². The lowest BCUT2D eigenvalue weighted by atomic mass is 10.2. The minimum atomic E-state index is -1.39. The smallest absolute Gasteiger partial charge is 0.341 e. The Morgan fingerprint density at radius 1 is 1.48 bits per heavy atom. The fourth-order valence-corrected chi connectivity index (χ4v) is 4.37. The van der Waals surface area contributed by atoms with E-state index in [9.17, 15) is 19.1 Å². The largest absolute Gasteiger partial charge is 0.477 e. The Bertz CT molecular complexity index is 1160. The minimum Gasteiger partial charge on any atom is -0.477 e. The van der Waals surface area contributed by atoms with Crippen LogP contribution in [0.4, 0.5) is 10.2 Å². The molecule has 1 aliphatic heterocycles. The first-order chi connectivity index (χ1) is 12.9. The summed E-state index contributed by atoms with van der Waals surface area (Å²) >= 11 is 1.26. The average Bonchev–Trinajstić information content (AvgIpc) is 3.00. The van der Waals surface area contributed by atoms with Crippen LogP contribution in [0.2, 0.25) is 0 Å². The predicted molar refractivity (Wildman–Crippen MR) is 97.2 cm³/mol. The van der Waals surface area contributed by atoms with E-state index >= 15 is 0 Å². The van der Waals surface area contributed by atoms with E-state index in [-0.39, 0.29) is 22.4 Å². The summed E-state index contributed by atoms with van der Waals surface area (Å²) in [5, 5.41) is 11.4. The maximum atomic E-state index is 14.8. The van der Waals surface area contributed by atoms with Gasteiger partial charge in [-0.05, 0) is 18.4 Å². The Labute approximate surface area is 155 Å². The van der Waals surface area contributed by atoms with E-state index in [1.807, 2.05) is 0 Å². The summed E-state index contributed by atoms with van der Waals surface area (Å²) in [6.07, 6.45) is 3.66. The molecule has 4 heterocycles. The van der Waals surface area contributed by atoms with Crippen molar-refractivity contribution in [2.75, 3.05) is 18.0 Å². The van der Waals surface area contributed by atoms with Crippen LogP contribution >= 0.6 is 11.3 Å². The summed E-state index contributed by atoms with van der Waals surface area (Å²) in [5.74, 6) is -1.61. The fraction of sp³-hybridized carbons (Fsp3) is 0.294. The van der Waals surface area contributed by atoms with Crippen LogP contribution in [0.3, 0.4) is 0 Å². The van der Waals surface area contributed by atoms with Gasteiger partial charge in [0.25, 0.3) is 0 Å². The molecule has 5 rings (SSSR count). The number of nitrogens with zero attached hydrogens (tertiary/aromatic N) is 4. The van der Waals surface area contributed by atoms with Gasteiger partial charge in [0.2, 0.25) is 5.43 Å². The van der Waals surface area contributed by atoms with E-state index in [1.54, 1.807) is 16.5 Å². The fourth-order valence-electron chi connectivity index (χ4n) is 3.76. The van der Waals surface area contributed by atoms with Gasteiger partial charge in [-0.25, -0.2) is 19.2 Å². The van der Waals surface area contributed by atoms with Crippen molar-refractivity contribution in [1.29, 1.82) is 0 Å². The van der Waals surface area contributed by atoms with Crippen molar-refractivity contribution in [3.8, 4) is 5.13 Å². The quantitative estimate of drug-likeness (QED) is 0.694. The van der Waals surface area contributed by atoms with Gasteiger partial charge in [-0.1, -0.05) is 0 Å². The first kappa shape index (κ1) is 16.3. The molecule has 0 amide bonds. The van der Waals surface area contributed by atoms with Crippen molar-refractivity contribution in [2.24, 2.45) is 11.7 Å². The molecule has 2 unspecified atom stereocenters. The third kappa shape index (κ3) is 2.37. The number of pyridine rings is 2. The van der Waals surface area contributed by atoms with Crippen LogP contribution in [0, 0.1) is 11.7 Å². The number of nitrogens with two attached hydrogens (primary N) is 1. The molecule has 27 heavy (non-hydrogen) atoms. The Kier molecular flexibility index (Phi) is 3.23. The summed E-state index contributed by atoms with van der Waals surface area (Å²) in [5.41, 5.74) is 4.85. The Morgan fingerprint density at radius 3 is 2.93 bits per heavy atom. The topological polar surface area (TPSA) is 114 Å². The number of hydrogen-bond acceptors (Lipinski definition) is 7. The first-order valence-corrected chi connectivity index (χ1v) is 9.18. The SMILES string of the molecule is NC12CC1CN(c1nc3c(cc1F)c(=O)c(C(=O)O)cn3-c1nccs1)C2. The number of anilines is 1. The molecule has 3 N–H and O–H groups in total. The number of aromatic carboxylic acids is 1. The molecule has 0 aromatic carbocycles. The second kappa shape index (κ2) is 5.33. The molecular formula is C17H14FN5O3S. The highest BCUT2D eigenvalue weighted by Gasteiger charge is 2.57. The Morgan fingerprint density at radius 2 is 2.30 bits per heavy atom. The van der Waals surface area contributed by atoms with Crippen molar-refractivity contribution in [3.63, 3.8) is 0 Å². The Balaban J connectivity index is 1.76. The van der Waals surface area contributed by atoms with Crippen LogP contribution < -0.4 is 16.1 Å². The number of carboxylic acids is 1. The van der Waals surface area contributed by atoms with Crippen LogP contribution in [0.25, 0.3) is 16.2 Å². The molecule has 8 nitrogen and oxygen atoms in total. The summed E-state index contributed by atoms with van der Waals surface area (Å²) < 4.78 is 16.2. The highest BCUT2D eigenvalue weighted by molar-refractivity contribution is 7.12. The van der Waals surface area contributed by atoms with E-state index in [0.29, 0.717) is 24.1 Å². The van der Waals surface area contributed by atoms with E-state index in [4.69, 9.17) is 5.73 Å². The van der Waals surface area contributed by atoms with Gasteiger partial charge >= 0.3 is 5.97 Å². The van der Waals surface area contributed by atoms with Crippen LogP contribution in [0.15, 0.2) is 28.6 Å².